The first-order valence-corrected chi connectivity index (χ1v) is 5.94. The number of carbonyl (C=O) groups is 2. The van der Waals surface area contributed by atoms with Crippen LogP contribution in [0.5, 0.6) is 0 Å². The van der Waals surface area contributed by atoms with Crippen molar-refractivity contribution in [2.45, 2.75) is 12.3 Å². The van der Waals surface area contributed by atoms with E-state index < -0.39 is 0 Å². The Morgan fingerprint density at radius 1 is 1.13 bits per heavy atom. The van der Waals surface area contributed by atoms with Gasteiger partial charge >= 0.3 is 0 Å². The number of halogens is 2. The molecule has 1 heterocycles. The van der Waals surface area contributed by atoms with Crippen LogP contribution in [-0.4, -0.2) is 11.8 Å². The molecule has 1 aliphatic rings. The van der Waals surface area contributed by atoms with Crippen molar-refractivity contribution in [3.05, 3.63) is 32.7 Å². The molecule has 15 heavy (non-hydrogen) atoms. The van der Waals surface area contributed by atoms with E-state index in [1.165, 1.54) is 0 Å². The number of carbonyl (C=O) groups excluding carboxylic acids is 2. The lowest BCUT2D eigenvalue weighted by Gasteiger charge is -2.07. The summed E-state index contributed by atoms with van der Waals surface area (Å²) in [5.41, 5.74) is 0.847. The monoisotopic (exact) mass is 331 g/mol. The van der Waals surface area contributed by atoms with Crippen LogP contribution >= 0.6 is 31.9 Å². The van der Waals surface area contributed by atoms with Crippen LogP contribution in [0.15, 0.2) is 27.1 Å². The number of benzene rings is 1. The summed E-state index contributed by atoms with van der Waals surface area (Å²) in [7, 11) is 0. The second-order valence-corrected chi connectivity index (χ2v) is 5.20. The molecule has 1 fully saturated rings. The van der Waals surface area contributed by atoms with Gasteiger partial charge in [0.1, 0.15) is 0 Å². The third-order valence-corrected chi connectivity index (χ3v) is 3.17. The topological polar surface area (TPSA) is 46.2 Å². The highest BCUT2D eigenvalue weighted by Gasteiger charge is 2.31. The first kappa shape index (κ1) is 10.8. The molecule has 1 aliphatic heterocycles. The summed E-state index contributed by atoms with van der Waals surface area (Å²) in [6, 6.07) is 5.60. The Bertz CT molecular complexity index is 425. The van der Waals surface area contributed by atoms with E-state index in [9.17, 15) is 9.59 Å². The summed E-state index contributed by atoms with van der Waals surface area (Å²) in [5, 5.41) is 2.30. The summed E-state index contributed by atoms with van der Waals surface area (Å²) < 4.78 is 1.78. The van der Waals surface area contributed by atoms with Crippen molar-refractivity contribution in [3.63, 3.8) is 0 Å². The molecule has 0 aliphatic carbocycles. The highest BCUT2D eigenvalue weighted by atomic mass is 79.9. The second kappa shape index (κ2) is 4.06. The lowest BCUT2D eigenvalue weighted by Crippen LogP contribution is -2.21. The number of hydrogen-bond acceptors (Lipinski definition) is 2. The van der Waals surface area contributed by atoms with Gasteiger partial charge in [0.05, 0.1) is 5.92 Å². The van der Waals surface area contributed by atoms with Crippen molar-refractivity contribution in [2.24, 2.45) is 0 Å². The van der Waals surface area contributed by atoms with Gasteiger partial charge in [-0.1, -0.05) is 31.9 Å². The van der Waals surface area contributed by atoms with E-state index in [-0.39, 0.29) is 24.2 Å². The van der Waals surface area contributed by atoms with Crippen molar-refractivity contribution in [1.29, 1.82) is 0 Å². The van der Waals surface area contributed by atoms with E-state index in [1.54, 1.807) is 0 Å². The molecule has 1 unspecified atom stereocenters. The van der Waals surface area contributed by atoms with Crippen molar-refractivity contribution in [3.8, 4) is 0 Å². The fourth-order valence-electron chi connectivity index (χ4n) is 1.60. The molecule has 0 spiro atoms. The van der Waals surface area contributed by atoms with Gasteiger partial charge in [-0.25, -0.2) is 0 Å². The van der Waals surface area contributed by atoms with Gasteiger partial charge in [0.2, 0.25) is 11.8 Å². The Morgan fingerprint density at radius 3 is 2.20 bits per heavy atom. The summed E-state index contributed by atoms with van der Waals surface area (Å²) in [6.07, 6.45) is 0.238. The molecule has 1 aromatic rings. The average molecular weight is 333 g/mol. The highest BCUT2D eigenvalue weighted by Crippen LogP contribution is 2.29. The van der Waals surface area contributed by atoms with E-state index in [1.807, 2.05) is 18.2 Å². The summed E-state index contributed by atoms with van der Waals surface area (Å²) in [4.78, 5) is 22.5. The number of nitrogens with one attached hydrogen (secondary N) is 1. The molecule has 1 aromatic carbocycles. The van der Waals surface area contributed by atoms with Crippen LogP contribution in [0.1, 0.15) is 17.9 Å². The van der Waals surface area contributed by atoms with E-state index in [2.05, 4.69) is 37.2 Å². The molecule has 0 bridgehead atoms. The standard InChI is InChI=1S/C10H7Br2NO2/c11-6-1-5(2-7(12)3-6)8-4-9(14)13-10(8)15/h1-3,8H,4H2,(H,13,14,15). The predicted octanol–water partition coefficient (Wildman–Crippen LogP) is 2.34. The van der Waals surface area contributed by atoms with E-state index in [0.717, 1.165) is 14.5 Å². The Balaban J connectivity index is 2.37. The van der Waals surface area contributed by atoms with Crippen LogP contribution in [0.3, 0.4) is 0 Å². The number of hydrogen-bond donors (Lipinski definition) is 1. The molecule has 2 rings (SSSR count). The van der Waals surface area contributed by atoms with Crippen molar-refractivity contribution < 1.29 is 9.59 Å². The Labute approximate surface area is 103 Å². The van der Waals surface area contributed by atoms with Gasteiger partial charge in [0.25, 0.3) is 0 Å². The molecular formula is C10H7Br2NO2. The molecule has 1 N–H and O–H groups in total. The predicted molar refractivity (Wildman–Crippen MR) is 62.3 cm³/mol. The minimum atomic E-state index is -0.355. The first-order chi connectivity index (χ1) is 7.06. The van der Waals surface area contributed by atoms with Crippen molar-refractivity contribution >= 4 is 43.7 Å². The maximum absolute atomic E-state index is 11.4. The van der Waals surface area contributed by atoms with Gasteiger partial charge in [0.15, 0.2) is 0 Å². The van der Waals surface area contributed by atoms with Crippen LogP contribution < -0.4 is 5.32 Å². The van der Waals surface area contributed by atoms with Crippen LogP contribution in [0.25, 0.3) is 0 Å². The summed E-state index contributed by atoms with van der Waals surface area (Å²) in [6.45, 7) is 0. The van der Waals surface area contributed by atoms with E-state index in [4.69, 9.17) is 0 Å². The third kappa shape index (κ3) is 2.29. The second-order valence-electron chi connectivity index (χ2n) is 3.37. The molecule has 0 aromatic heterocycles. The minimum absolute atomic E-state index is 0.207. The lowest BCUT2D eigenvalue weighted by atomic mass is 9.98. The quantitative estimate of drug-likeness (QED) is 0.802. The fraction of sp³-hybridized carbons (Fsp3) is 0.200. The third-order valence-electron chi connectivity index (χ3n) is 2.26. The van der Waals surface area contributed by atoms with E-state index >= 15 is 0 Å². The largest absolute Gasteiger partial charge is 0.296 e. The smallest absolute Gasteiger partial charge is 0.234 e. The summed E-state index contributed by atoms with van der Waals surface area (Å²) in [5.74, 6) is -0.780. The van der Waals surface area contributed by atoms with Gasteiger partial charge in [-0.05, 0) is 23.8 Å². The molecule has 3 nitrogen and oxygen atoms in total. The van der Waals surface area contributed by atoms with Crippen LogP contribution in [0.2, 0.25) is 0 Å². The van der Waals surface area contributed by atoms with Gasteiger partial charge in [-0.3, -0.25) is 14.9 Å². The fourth-order valence-corrected chi connectivity index (χ4v) is 2.93. The molecule has 78 valence electrons. The molecule has 5 heteroatoms. The normalized spacial score (nSPS) is 20.5. The first-order valence-electron chi connectivity index (χ1n) is 4.36. The van der Waals surface area contributed by atoms with Gasteiger partial charge in [-0.2, -0.15) is 0 Å². The maximum atomic E-state index is 11.4. The number of rotatable bonds is 1. The molecule has 1 atom stereocenters. The van der Waals surface area contributed by atoms with Gasteiger partial charge < -0.3 is 0 Å². The average Bonchev–Trinajstić information content (AvgIpc) is 2.43. The van der Waals surface area contributed by atoms with Gasteiger partial charge in [-0.15, -0.1) is 0 Å². The molecule has 0 saturated carbocycles. The van der Waals surface area contributed by atoms with Crippen molar-refractivity contribution in [1.82, 2.24) is 5.32 Å². The van der Waals surface area contributed by atoms with E-state index in [0.29, 0.717) is 0 Å². The molecular weight excluding hydrogens is 326 g/mol. The zero-order valence-corrected chi connectivity index (χ0v) is 10.8. The molecule has 2 amide bonds. The van der Waals surface area contributed by atoms with Gasteiger partial charge in [0, 0.05) is 15.4 Å². The van der Waals surface area contributed by atoms with Crippen molar-refractivity contribution in [2.75, 3.05) is 0 Å². The SMILES string of the molecule is O=C1CC(c2cc(Br)cc(Br)c2)C(=O)N1. The Morgan fingerprint density at radius 2 is 1.73 bits per heavy atom. The highest BCUT2D eigenvalue weighted by molar-refractivity contribution is 9.11. The number of imide groups is 1. The zero-order valence-electron chi connectivity index (χ0n) is 7.59. The molecule has 1 saturated heterocycles. The van der Waals surface area contributed by atoms with Crippen LogP contribution in [0.4, 0.5) is 0 Å². The minimum Gasteiger partial charge on any atom is -0.296 e. The zero-order chi connectivity index (χ0) is 11.0. The Hall–Kier alpha value is -0.680. The molecule has 0 radical (unpaired) electrons. The summed E-state index contributed by atoms with van der Waals surface area (Å²) >= 11 is 6.70. The Kier molecular flexibility index (Phi) is 2.93. The van der Waals surface area contributed by atoms with Crippen LogP contribution in [-0.2, 0) is 9.59 Å². The maximum Gasteiger partial charge on any atom is 0.234 e. The van der Waals surface area contributed by atoms with Crippen LogP contribution in [0, 0.1) is 0 Å². The number of amides is 2. The lowest BCUT2D eigenvalue weighted by molar-refractivity contribution is -0.125.